The van der Waals surface area contributed by atoms with Crippen molar-refractivity contribution in [2.24, 2.45) is 0 Å². The maximum Gasteiger partial charge on any atom is 0.0972 e. The molecular weight excluding hydrogens is 558 g/mol. The minimum atomic E-state index is 0.914. The average Bonchev–Trinajstić information content (AvgIpc) is 3.13. The second kappa shape index (κ2) is 9.65. The first-order valence-corrected chi connectivity index (χ1v) is 15.6. The number of aromatic nitrogens is 3. The minimum absolute atomic E-state index is 0.914. The number of nitrogens with zero attached hydrogens (tertiary/aromatic N) is 3. The predicted molar refractivity (Wildman–Crippen MR) is 192 cm³/mol. The summed E-state index contributed by atoms with van der Waals surface area (Å²) in [6.07, 6.45) is 1.85. The monoisotopic (exact) mass is 583 g/mol. The minimum Gasteiger partial charge on any atom is -0.256 e. The van der Waals surface area contributed by atoms with Crippen LogP contribution in [0.15, 0.2) is 152 Å². The lowest BCUT2D eigenvalue weighted by molar-refractivity contribution is 1.37. The Balaban J connectivity index is 1.11. The van der Waals surface area contributed by atoms with E-state index in [9.17, 15) is 0 Å². The third kappa shape index (κ3) is 3.75. The second-order valence-corrected chi connectivity index (χ2v) is 12.0. The van der Waals surface area contributed by atoms with E-state index in [1.54, 1.807) is 0 Å². The van der Waals surface area contributed by atoms with Gasteiger partial charge in [-0.1, -0.05) is 127 Å². The van der Waals surface area contributed by atoms with Gasteiger partial charge in [-0.05, 0) is 56.1 Å². The molecule has 0 aliphatic heterocycles. The molecule has 3 aromatic heterocycles. The quantitative estimate of drug-likeness (QED) is 0.194. The van der Waals surface area contributed by atoms with Gasteiger partial charge in [0.1, 0.15) is 0 Å². The number of rotatable bonds is 3. The van der Waals surface area contributed by atoms with Crippen molar-refractivity contribution in [2.75, 3.05) is 0 Å². The number of pyridine rings is 3. The number of hydrogen-bond acceptors (Lipinski definition) is 3. The molecule has 7 aromatic carbocycles. The lowest BCUT2D eigenvalue weighted by Crippen LogP contribution is -1.92. The van der Waals surface area contributed by atoms with Crippen molar-refractivity contribution in [2.45, 2.75) is 0 Å². The van der Waals surface area contributed by atoms with E-state index in [1.165, 1.54) is 32.3 Å². The Hall–Kier alpha value is -6.19. The van der Waals surface area contributed by atoms with Gasteiger partial charge in [0, 0.05) is 39.0 Å². The molecule has 0 bridgehead atoms. The molecule has 0 aliphatic rings. The predicted octanol–water partition coefficient (Wildman–Crippen LogP) is 11.2. The molecule has 212 valence electrons. The van der Waals surface area contributed by atoms with Crippen LogP contribution in [0.2, 0.25) is 0 Å². The van der Waals surface area contributed by atoms with Gasteiger partial charge < -0.3 is 0 Å². The normalized spacial score (nSPS) is 11.9. The zero-order chi connectivity index (χ0) is 30.2. The van der Waals surface area contributed by atoms with Crippen molar-refractivity contribution in [1.29, 1.82) is 0 Å². The SMILES string of the molecule is c1cnc2c(-c3ccc(-c4ccc5ccc6ccc(-c7ccc8ccc9cccc%10ccc7c8c9%10)nc6c5n4)cc3)cccc2c1. The molecule has 0 aliphatic carbocycles. The van der Waals surface area contributed by atoms with Gasteiger partial charge >= 0.3 is 0 Å². The Morgan fingerprint density at radius 1 is 0.326 bits per heavy atom. The van der Waals surface area contributed by atoms with E-state index in [0.717, 1.165) is 66.4 Å². The zero-order valence-electron chi connectivity index (χ0n) is 24.8. The highest BCUT2D eigenvalue weighted by molar-refractivity contribution is 6.25. The molecule has 0 N–H and O–H groups in total. The molecule has 0 saturated heterocycles. The Morgan fingerprint density at radius 3 is 1.67 bits per heavy atom. The Labute approximate surface area is 264 Å². The van der Waals surface area contributed by atoms with Crippen LogP contribution in [0, 0.1) is 0 Å². The van der Waals surface area contributed by atoms with Crippen molar-refractivity contribution in [3.8, 4) is 33.6 Å². The van der Waals surface area contributed by atoms with Crippen molar-refractivity contribution in [1.82, 2.24) is 15.0 Å². The molecule has 0 fully saturated rings. The van der Waals surface area contributed by atoms with Gasteiger partial charge in [0.05, 0.1) is 27.9 Å². The first kappa shape index (κ1) is 25.2. The summed E-state index contributed by atoms with van der Waals surface area (Å²) in [6, 6.07) is 51.8. The second-order valence-electron chi connectivity index (χ2n) is 12.0. The summed E-state index contributed by atoms with van der Waals surface area (Å²) in [5.41, 5.74) is 9.20. The molecule has 0 amide bonds. The van der Waals surface area contributed by atoms with Gasteiger partial charge in [0.2, 0.25) is 0 Å². The van der Waals surface area contributed by atoms with Crippen LogP contribution >= 0.6 is 0 Å². The Kier molecular flexibility index (Phi) is 5.28. The van der Waals surface area contributed by atoms with Crippen molar-refractivity contribution >= 4 is 65.0 Å². The molecule has 10 aromatic rings. The molecule has 46 heavy (non-hydrogen) atoms. The van der Waals surface area contributed by atoms with Crippen LogP contribution in [0.4, 0.5) is 0 Å². The number of para-hydroxylation sites is 1. The number of fused-ring (bicyclic) bond motifs is 4. The molecule has 0 radical (unpaired) electrons. The van der Waals surface area contributed by atoms with E-state index in [2.05, 4.69) is 145 Å². The fourth-order valence-corrected chi connectivity index (χ4v) is 7.19. The zero-order valence-corrected chi connectivity index (χ0v) is 24.8. The van der Waals surface area contributed by atoms with Gasteiger partial charge in [-0.25, -0.2) is 9.97 Å². The van der Waals surface area contributed by atoms with Crippen LogP contribution in [0.1, 0.15) is 0 Å². The third-order valence-electron chi connectivity index (χ3n) is 9.45. The summed E-state index contributed by atoms with van der Waals surface area (Å²) in [5, 5.41) is 10.9. The van der Waals surface area contributed by atoms with Gasteiger partial charge in [0.15, 0.2) is 0 Å². The van der Waals surface area contributed by atoms with Crippen molar-refractivity contribution in [3.05, 3.63) is 152 Å². The first-order valence-electron chi connectivity index (χ1n) is 15.6. The van der Waals surface area contributed by atoms with Crippen LogP contribution in [-0.2, 0) is 0 Å². The smallest absolute Gasteiger partial charge is 0.0972 e. The molecule has 0 unspecified atom stereocenters. The third-order valence-corrected chi connectivity index (χ3v) is 9.45. The van der Waals surface area contributed by atoms with Crippen molar-refractivity contribution < 1.29 is 0 Å². The highest BCUT2D eigenvalue weighted by Gasteiger charge is 2.14. The Bertz CT molecular complexity index is 2780. The topological polar surface area (TPSA) is 38.7 Å². The number of benzene rings is 7. The van der Waals surface area contributed by atoms with E-state index in [0.29, 0.717) is 0 Å². The summed E-state index contributed by atoms with van der Waals surface area (Å²) >= 11 is 0. The van der Waals surface area contributed by atoms with Crippen LogP contribution in [0.5, 0.6) is 0 Å². The van der Waals surface area contributed by atoms with Gasteiger partial charge in [-0.15, -0.1) is 0 Å². The molecule has 0 atom stereocenters. The standard InChI is InChI=1S/C43H25N3/c1-4-28-13-14-30-17-21-35(36-22-18-29(5-1)39(28)40(30)36)38-24-20-33-16-15-32-19-23-37(45-42(32)43(33)46-38)27-11-9-26(10-12-27)34-8-2-6-31-7-3-25-44-41(31)34/h1-25H. The summed E-state index contributed by atoms with van der Waals surface area (Å²) in [6.45, 7) is 0. The maximum absolute atomic E-state index is 5.30. The van der Waals surface area contributed by atoms with Gasteiger partial charge in [-0.2, -0.15) is 0 Å². The van der Waals surface area contributed by atoms with E-state index >= 15 is 0 Å². The summed E-state index contributed by atoms with van der Waals surface area (Å²) < 4.78 is 0. The molecular formula is C43H25N3. The molecule has 10 rings (SSSR count). The molecule has 3 nitrogen and oxygen atoms in total. The highest BCUT2D eigenvalue weighted by atomic mass is 14.8. The highest BCUT2D eigenvalue weighted by Crippen LogP contribution is 2.39. The summed E-state index contributed by atoms with van der Waals surface area (Å²) in [7, 11) is 0. The van der Waals surface area contributed by atoms with Crippen LogP contribution < -0.4 is 0 Å². The lowest BCUT2D eigenvalue weighted by atomic mass is 9.91. The van der Waals surface area contributed by atoms with Crippen LogP contribution in [-0.4, -0.2) is 15.0 Å². The molecule has 0 saturated carbocycles. The maximum atomic E-state index is 5.30. The van der Waals surface area contributed by atoms with E-state index in [-0.39, 0.29) is 0 Å². The van der Waals surface area contributed by atoms with E-state index in [1.807, 2.05) is 12.3 Å². The number of hydrogen-bond donors (Lipinski definition) is 0. The molecule has 0 spiro atoms. The summed E-state index contributed by atoms with van der Waals surface area (Å²) in [4.78, 5) is 15.2. The first-order chi connectivity index (χ1) is 22.8. The van der Waals surface area contributed by atoms with E-state index < -0.39 is 0 Å². The molecule has 3 heterocycles. The summed E-state index contributed by atoms with van der Waals surface area (Å²) in [5.74, 6) is 0. The van der Waals surface area contributed by atoms with Crippen LogP contribution in [0.3, 0.4) is 0 Å². The molecule has 3 heteroatoms. The van der Waals surface area contributed by atoms with Crippen LogP contribution in [0.25, 0.3) is 98.7 Å². The fraction of sp³-hybridized carbons (Fsp3) is 0. The largest absolute Gasteiger partial charge is 0.256 e. The van der Waals surface area contributed by atoms with Gasteiger partial charge in [-0.3, -0.25) is 4.98 Å². The van der Waals surface area contributed by atoms with Crippen molar-refractivity contribution in [3.63, 3.8) is 0 Å². The van der Waals surface area contributed by atoms with Gasteiger partial charge in [0.25, 0.3) is 0 Å². The lowest BCUT2D eigenvalue weighted by Gasteiger charge is -2.14. The fourth-order valence-electron chi connectivity index (χ4n) is 7.19. The average molecular weight is 584 g/mol. The van der Waals surface area contributed by atoms with E-state index in [4.69, 9.17) is 9.97 Å². The Morgan fingerprint density at radius 2 is 0.870 bits per heavy atom.